The van der Waals surface area contributed by atoms with Crippen molar-refractivity contribution in [1.29, 1.82) is 0 Å². The van der Waals surface area contributed by atoms with E-state index in [1.807, 2.05) is 57.3 Å². The first kappa shape index (κ1) is 21.3. The highest BCUT2D eigenvalue weighted by atomic mass is 16.5. The Morgan fingerprint density at radius 1 is 1.17 bits per heavy atom. The summed E-state index contributed by atoms with van der Waals surface area (Å²) in [5.74, 6) is 1.36. The Hall–Kier alpha value is -2.40. The molecule has 1 aromatic heterocycles. The highest BCUT2D eigenvalue weighted by molar-refractivity contribution is 5.81. The number of likely N-dealkylation sites (tertiary alicyclic amines) is 1. The van der Waals surface area contributed by atoms with Gasteiger partial charge in [-0.15, -0.1) is 0 Å². The molecule has 1 saturated heterocycles. The lowest BCUT2D eigenvalue weighted by Gasteiger charge is -2.37. The molecule has 0 spiro atoms. The zero-order chi connectivity index (χ0) is 20.9. The van der Waals surface area contributed by atoms with Crippen LogP contribution < -0.4 is 10.1 Å². The number of carbonyl (C=O) groups excluding carboxylic acids is 1. The molecule has 1 unspecified atom stereocenters. The van der Waals surface area contributed by atoms with E-state index in [2.05, 4.69) is 27.3 Å². The van der Waals surface area contributed by atoms with Gasteiger partial charge in [-0.05, 0) is 61.7 Å². The van der Waals surface area contributed by atoms with E-state index in [0.29, 0.717) is 5.92 Å². The molecule has 0 aliphatic carbocycles. The van der Waals surface area contributed by atoms with Crippen molar-refractivity contribution in [2.75, 3.05) is 20.2 Å². The average Bonchev–Trinajstić information content (AvgIpc) is 2.73. The Morgan fingerprint density at radius 2 is 1.86 bits per heavy atom. The van der Waals surface area contributed by atoms with Crippen molar-refractivity contribution in [3.63, 3.8) is 0 Å². The van der Waals surface area contributed by atoms with E-state index in [1.54, 1.807) is 7.11 Å². The lowest BCUT2D eigenvalue weighted by Crippen LogP contribution is -2.44. The molecule has 5 heteroatoms. The minimum atomic E-state index is -0.415. The number of piperidine rings is 1. The SMILES string of the molecule is COc1ccc(CN2CCC(C(NC(=O)C(C)(C)C)c3ccccn3)CC2)cc1. The first-order valence-corrected chi connectivity index (χ1v) is 10.4. The molecule has 2 aromatic rings. The predicted octanol–water partition coefficient (Wildman–Crippen LogP) is 4.21. The first-order valence-electron chi connectivity index (χ1n) is 10.4. The summed E-state index contributed by atoms with van der Waals surface area (Å²) in [5.41, 5.74) is 1.84. The number of pyridine rings is 1. The van der Waals surface area contributed by atoms with Gasteiger partial charge >= 0.3 is 0 Å². The minimum absolute atomic E-state index is 0.0361. The number of nitrogens with one attached hydrogen (secondary N) is 1. The van der Waals surface area contributed by atoms with Gasteiger partial charge in [0.25, 0.3) is 0 Å². The minimum Gasteiger partial charge on any atom is -0.497 e. The highest BCUT2D eigenvalue weighted by Crippen LogP contribution is 2.31. The van der Waals surface area contributed by atoms with Crippen LogP contribution in [0.15, 0.2) is 48.7 Å². The average molecular weight is 396 g/mol. The molecule has 1 aromatic carbocycles. The van der Waals surface area contributed by atoms with E-state index in [9.17, 15) is 4.79 Å². The van der Waals surface area contributed by atoms with Crippen molar-refractivity contribution in [2.24, 2.45) is 11.3 Å². The van der Waals surface area contributed by atoms with E-state index in [0.717, 1.165) is 43.9 Å². The number of hydrogen-bond donors (Lipinski definition) is 1. The molecule has 1 aliphatic heterocycles. The molecule has 0 radical (unpaired) electrons. The maximum atomic E-state index is 12.7. The van der Waals surface area contributed by atoms with Crippen molar-refractivity contribution in [1.82, 2.24) is 15.2 Å². The maximum Gasteiger partial charge on any atom is 0.225 e. The van der Waals surface area contributed by atoms with Crippen LogP contribution in [0.1, 0.15) is 50.9 Å². The Bertz CT molecular complexity index is 776. The van der Waals surface area contributed by atoms with Gasteiger partial charge in [0, 0.05) is 18.2 Å². The molecule has 1 aliphatic rings. The van der Waals surface area contributed by atoms with Gasteiger partial charge in [0.05, 0.1) is 18.8 Å². The normalized spacial score (nSPS) is 17.0. The maximum absolute atomic E-state index is 12.7. The first-order chi connectivity index (χ1) is 13.9. The summed E-state index contributed by atoms with van der Waals surface area (Å²) in [6.07, 6.45) is 3.90. The molecule has 29 heavy (non-hydrogen) atoms. The molecule has 1 N–H and O–H groups in total. The van der Waals surface area contributed by atoms with Crippen LogP contribution in [-0.4, -0.2) is 36.0 Å². The summed E-state index contributed by atoms with van der Waals surface area (Å²) in [5, 5.41) is 3.29. The van der Waals surface area contributed by atoms with Gasteiger partial charge in [-0.25, -0.2) is 0 Å². The van der Waals surface area contributed by atoms with Crippen LogP contribution in [0.4, 0.5) is 0 Å². The summed E-state index contributed by atoms with van der Waals surface area (Å²) in [6, 6.07) is 14.2. The fourth-order valence-electron chi connectivity index (χ4n) is 3.78. The van der Waals surface area contributed by atoms with Gasteiger partial charge < -0.3 is 10.1 Å². The largest absolute Gasteiger partial charge is 0.497 e. The van der Waals surface area contributed by atoms with Crippen molar-refractivity contribution in [3.8, 4) is 5.75 Å². The van der Waals surface area contributed by atoms with Gasteiger partial charge in [0.2, 0.25) is 5.91 Å². The number of amides is 1. The smallest absolute Gasteiger partial charge is 0.225 e. The topological polar surface area (TPSA) is 54.5 Å². The number of ether oxygens (including phenoxy) is 1. The van der Waals surface area contributed by atoms with E-state index in [-0.39, 0.29) is 11.9 Å². The monoisotopic (exact) mass is 395 g/mol. The van der Waals surface area contributed by atoms with Gasteiger partial charge in [-0.2, -0.15) is 0 Å². The zero-order valence-electron chi connectivity index (χ0n) is 18.0. The van der Waals surface area contributed by atoms with Crippen LogP contribution in [0.2, 0.25) is 0 Å². The van der Waals surface area contributed by atoms with E-state index in [1.165, 1.54) is 5.56 Å². The second-order valence-corrected chi connectivity index (χ2v) is 8.92. The molecule has 2 heterocycles. The molecule has 0 bridgehead atoms. The summed E-state index contributed by atoms with van der Waals surface area (Å²) < 4.78 is 5.24. The molecule has 156 valence electrons. The third-order valence-corrected chi connectivity index (χ3v) is 5.64. The van der Waals surface area contributed by atoms with E-state index in [4.69, 9.17) is 4.74 Å². The van der Waals surface area contributed by atoms with Gasteiger partial charge in [-0.1, -0.05) is 39.0 Å². The number of nitrogens with zero attached hydrogens (tertiary/aromatic N) is 2. The van der Waals surface area contributed by atoms with Crippen molar-refractivity contribution >= 4 is 5.91 Å². The lowest BCUT2D eigenvalue weighted by molar-refractivity contribution is -0.129. The predicted molar refractivity (Wildman–Crippen MR) is 116 cm³/mol. The van der Waals surface area contributed by atoms with Crippen LogP contribution >= 0.6 is 0 Å². The van der Waals surface area contributed by atoms with E-state index >= 15 is 0 Å². The number of aromatic nitrogens is 1. The Kier molecular flexibility index (Phi) is 6.91. The van der Waals surface area contributed by atoms with Gasteiger partial charge in [0.15, 0.2) is 0 Å². The van der Waals surface area contributed by atoms with Crippen molar-refractivity contribution < 1.29 is 9.53 Å². The number of benzene rings is 1. The quantitative estimate of drug-likeness (QED) is 0.796. The van der Waals surface area contributed by atoms with E-state index < -0.39 is 5.41 Å². The molecule has 3 rings (SSSR count). The molecule has 5 nitrogen and oxygen atoms in total. The number of rotatable bonds is 6. The lowest BCUT2D eigenvalue weighted by atomic mass is 9.85. The third-order valence-electron chi connectivity index (χ3n) is 5.64. The number of methoxy groups -OCH3 is 1. The van der Waals surface area contributed by atoms with Crippen LogP contribution in [0.5, 0.6) is 5.75 Å². The summed E-state index contributed by atoms with van der Waals surface area (Å²) in [4.78, 5) is 19.7. The standard InChI is InChI=1S/C24H33N3O2/c1-24(2,3)23(28)26-22(21-7-5-6-14-25-21)19-12-15-27(16-13-19)17-18-8-10-20(29-4)11-9-18/h5-11,14,19,22H,12-13,15-17H2,1-4H3,(H,26,28). The van der Waals surface area contributed by atoms with Gasteiger partial charge in [0.1, 0.15) is 5.75 Å². The fraction of sp³-hybridized carbons (Fsp3) is 0.500. The Morgan fingerprint density at radius 3 is 2.41 bits per heavy atom. The van der Waals surface area contributed by atoms with Crippen LogP contribution in [-0.2, 0) is 11.3 Å². The molecule has 1 amide bonds. The van der Waals surface area contributed by atoms with Crippen molar-refractivity contribution in [3.05, 3.63) is 59.9 Å². The fourth-order valence-corrected chi connectivity index (χ4v) is 3.78. The molecule has 1 fully saturated rings. The molecule has 1 atom stereocenters. The second-order valence-electron chi connectivity index (χ2n) is 8.92. The summed E-state index contributed by atoms with van der Waals surface area (Å²) in [6.45, 7) is 8.84. The highest BCUT2D eigenvalue weighted by Gasteiger charge is 2.32. The Balaban J connectivity index is 1.64. The zero-order valence-corrected chi connectivity index (χ0v) is 18.0. The molecular weight excluding hydrogens is 362 g/mol. The van der Waals surface area contributed by atoms with Crippen molar-refractivity contribution in [2.45, 2.75) is 46.2 Å². The summed E-state index contributed by atoms with van der Waals surface area (Å²) in [7, 11) is 1.69. The third kappa shape index (κ3) is 5.80. The number of carbonyl (C=O) groups is 1. The van der Waals surface area contributed by atoms with Crippen LogP contribution in [0.25, 0.3) is 0 Å². The second kappa shape index (κ2) is 9.40. The number of hydrogen-bond acceptors (Lipinski definition) is 4. The van der Waals surface area contributed by atoms with Crippen LogP contribution in [0.3, 0.4) is 0 Å². The molecule has 0 saturated carbocycles. The van der Waals surface area contributed by atoms with Crippen LogP contribution in [0, 0.1) is 11.3 Å². The molecular formula is C24H33N3O2. The summed E-state index contributed by atoms with van der Waals surface area (Å²) >= 11 is 0. The Labute approximate surface area is 174 Å². The van der Waals surface area contributed by atoms with Gasteiger partial charge in [-0.3, -0.25) is 14.7 Å².